The van der Waals surface area contributed by atoms with E-state index in [1.165, 1.54) is 0 Å². The molecule has 1 aromatic heterocycles. The van der Waals surface area contributed by atoms with Gasteiger partial charge in [0.1, 0.15) is 29.7 Å². The van der Waals surface area contributed by atoms with Crippen molar-refractivity contribution in [2.75, 3.05) is 38.0 Å². The highest BCUT2D eigenvalue weighted by atomic mass is 16.5. The van der Waals surface area contributed by atoms with Crippen molar-refractivity contribution in [2.24, 2.45) is 0 Å². The monoisotopic (exact) mass is 366 g/mol. The minimum Gasteiger partial charge on any atom is -0.497 e. The summed E-state index contributed by atoms with van der Waals surface area (Å²) in [6.07, 6.45) is 1.70. The molecule has 0 atom stereocenters. The van der Waals surface area contributed by atoms with E-state index in [1.807, 2.05) is 54.6 Å². The smallest absolute Gasteiger partial charge is 0.224 e. The summed E-state index contributed by atoms with van der Waals surface area (Å²) in [5.41, 5.74) is 0.920. The zero-order chi connectivity index (χ0) is 18.9. The quantitative estimate of drug-likeness (QED) is 0.559. The van der Waals surface area contributed by atoms with Crippen molar-refractivity contribution in [3.05, 3.63) is 60.8 Å². The molecule has 0 fully saturated rings. The van der Waals surface area contributed by atoms with Gasteiger partial charge in [-0.2, -0.15) is 4.98 Å². The molecule has 2 aromatic carbocycles. The second kappa shape index (κ2) is 9.28. The van der Waals surface area contributed by atoms with E-state index >= 15 is 0 Å². The summed E-state index contributed by atoms with van der Waals surface area (Å²) < 4.78 is 16.0. The molecule has 0 unspecified atom stereocenters. The minimum atomic E-state index is 0.492. The Morgan fingerprint density at radius 1 is 0.815 bits per heavy atom. The molecule has 0 radical (unpaired) electrons. The van der Waals surface area contributed by atoms with E-state index in [9.17, 15) is 0 Å². The van der Waals surface area contributed by atoms with Crippen molar-refractivity contribution in [1.29, 1.82) is 0 Å². The minimum absolute atomic E-state index is 0.492. The highest BCUT2D eigenvalue weighted by Crippen LogP contribution is 2.19. The lowest BCUT2D eigenvalue weighted by Crippen LogP contribution is -2.13. The van der Waals surface area contributed by atoms with Gasteiger partial charge >= 0.3 is 0 Å². The van der Waals surface area contributed by atoms with Crippen molar-refractivity contribution in [2.45, 2.75) is 0 Å². The van der Waals surface area contributed by atoms with Gasteiger partial charge in [-0.15, -0.1) is 0 Å². The van der Waals surface area contributed by atoms with E-state index in [2.05, 4.69) is 20.6 Å². The number of hydrogen-bond donors (Lipinski definition) is 2. The molecule has 0 amide bonds. The van der Waals surface area contributed by atoms with E-state index < -0.39 is 0 Å². The van der Waals surface area contributed by atoms with Gasteiger partial charge in [0, 0.05) is 11.9 Å². The molecule has 3 rings (SSSR count). The Bertz CT molecular complexity index is 839. The number of nitrogens with zero attached hydrogens (tertiary/aromatic N) is 2. The van der Waals surface area contributed by atoms with Crippen molar-refractivity contribution < 1.29 is 14.2 Å². The van der Waals surface area contributed by atoms with Crippen molar-refractivity contribution in [1.82, 2.24) is 9.97 Å². The summed E-state index contributed by atoms with van der Waals surface area (Å²) in [7, 11) is 3.28. The maximum atomic E-state index is 5.67. The summed E-state index contributed by atoms with van der Waals surface area (Å²) >= 11 is 0. The fraction of sp³-hybridized carbons (Fsp3) is 0.200. The first kappa shape index (κ1) is 18.3. The molecule has 0 aliphatic carbocycles. The van der Waals surface area contributed by atoms with Gasteiger partial charge in [0.2, 0.25) is 5.95 Å². The van der Waals surface area contributed by atoms with E-state index in [0.717, 1.165) is 22.9 Å². The standard InChI is InChI=1S/C20H22N4O3/c1-25-16-5-3-15(4-6-16)23-19-11-12-21-20(24-19)22-13-14-27-18-9-7-17(26-2)8-10-18/h3-12H,13-14H2,1-2H3,(H2,21,22,23,24). The SMILES string of the molecule is COc1ccc(Nc2ccnc(NCCOc3ccc(OC)cc3)n2)cc1. The molecule has 0 spiro atoms. The van der Waals surface area contributed by atoms with Gasteiger partial charge in [-0.25, -0.2) is 4.98 Å². The van der Waals surface area contributed by atoms with Gasteiger partial charge < -0.3 is 24.8 Å². The maximum Gasteiger partial charge on any atom is 0.224 e. The van der Waals surface area contributed by atoms with Crippen LogP contribution in [0.2, 0.25) is 0 Å². The Kier molecular flexibility index (Phi) is 6.30. The van der Waals surface area contributed by atoms with Crippen molar-refractivity contribution >= 4 is 17.5 Å². The Morgan fingerprint density at radius 3 is 2.11 bits per heavy atom. The van der Waals surface area contributed by atoms with Gasteiger partial charge in [0.25, 0.3) is 0 Å². The molecule has 0 bridgehead atoms. The van der Waals surface area contributed by atoms with E-state index in [4.69, 9.17) is 14.2 Å². The third kappa shape index (κ3) is 5.50. The number of rotatable bonds is 9. The maximum absolute atomic E-state index is 5.67. The number of nitrogens with one attached hydrogen (secondary N) is 2. The molecule has 140 valence electrons. The normalized spacial score (nSPS) is 10.1. The third-order valence-electron chi connectivity index (χ3n) is 3.73. The first-order valence-corrected chi connectivity index (χ1v) is 8.51. The molecule has 2 N–H and O–H groups in total. The Balaban J connectivity index is 1.48. The van der Waals surface area contributed by atoms with Gasteiger partial charge in [-0.3, -0.25) is 0 Å². The largest absolute Gasteiger partial charge is 0.497 e. The molecule has 27 heavy (non-hydrogen) atoms. The number of hydrogen-bond acceptors (Lipinski definition) is 7. The van der Waals surface area contributed by atoms with E-state index in [-0.39, 0.29) is 0 Å². The Labute approximate surface area is 158 Å². The summed E-state index contributed by atoms with van der Waals surface area (Å²) in [6.45, 7) is 1.07. The molecule has 0 saturated heterocycles. The van der Waals surface area contributed by atoms with Crippen LogP contribution >= 0.6 is 0 Å². The lowest BCUT2D eigenvalue weighted by Gasteiger charge is -2.10. The number of benzene rings is 2. The number of aromatic nitrogens is 2. The lowest BCUT2D eigenvalue weighted by atomic mass is 10.3. The highest BCUT2D eigenvalue weighted by Gasteiger charge is 2.01. The molecule has 1 heterocycles. The van der Waals surface area contributed by atoms with Crippen LogP contribution in [0.3, 0.4) is 0 Å². The fourth-order valence-corrected chi connectivity index (χ4v) is 2.34. The van der Waals surface area contributed by atoms with Gasteiger partial charge in [0.05, 0.1) is 20.8 Å². The zero-order valence-corrected chi connectivity index (χ0v) is 15.3. The predicted molar refractivity (Wildman–Crippen MR) is 105 cm³/mol. The van der Waals surface area contributed by atoms with Crippen LogP contribution in [0.15, 0.2) is 60.8 Å². The lowest BCUT2D eigenvalue weighted by molar-refractivity contribution is 0.331. The highest BCUT2D eigenvalue weighted by molar-refractivity contribution is 5.57. The fourth-order valence-electron chi connectivity index (χ4n) is 2.34. The van der Waals surface area contributed by atoms with Crippen LogP contribution in [0, 0.1) is 0 Å². The van der Waals surface area contributed by atoms with Crippen LogP contribution in [0.25, 0.3) is 0 Å². The summed E-state index contributed by atoms with van der Waals surface area (Å²) in [4.78, 5) is 8.66. The van der Waals surface area contributed by atoms with E-state index in [0.29, 0.717) is 24.9 Å². The number of anilines is 3. The Hall–Kier alpha value is -3.48. The average Bonchev–Trinajstić information content (AvgIpc) is 2.72. The van der Waals surface area contributed by atoms with Crippen LogP contribution in [0.1, 0.15) is 0 Å². The molecule has 0 aliphatic heterocycles. The molecule has 0 aliphatic rings. The van der Waals surface area contributed by atoms with Gasteiger partial charge in [-0.1, -0.05) is 0 Å². The van der Waals surface area contributed by atoms with Crippen LogP contribution < -0.4 is 24.8 Å². The predicted octanol–water partition coefficient (Wildman–Crippen LogP) is 3.73. The van der Waals surface area contributed by atoms with Crippen LogP contribution in [0.5, 0.6) is 17.2 Å². The molecule has 7 heteroatoms. The molecule has 7 nitrogen and oxygen atoms in total. The second-order valence-electron chi connectivity index (χ2n) is 5.57. The van der Waals surface area contributed by atoms with Crippen LogP contribution in [-0.2, 0) is 0 Å². The Morgan fingerprint density at radius 2 is 1.44 bits per heavy atom. The third-order valence-corrected chi connectivity index (χ3v) is 3.73. The topological polar surface area (TPSA) is 77.5 Å². The van der Waals surface area contributed by atoms with Crippen molar-refractivity contribution in [3.8, 4) is 17.2 Å². The van der Waals surface area contributed by atoms with Crippen LogP contribution in [0.4, 0.5) is 17.5 Å². The van der Waals surface area contributed by atoms with Crippen LogP contribution in [-0.4, -0.2) is 37.3 Å². The first-order valence-electron chi connectivity index (χ1n) is 8.51. The summed E-state index contributed by atoms with van der Waals surface area (Å²) in [5, 5.41) is 6.38. The van der Waals surface area contributed by atoms with E-state index in [1.54, 1.807) is 20.4 Å². The number of ether oxygens (including phenoxy) is 3. The van der Waals surface area contributed by atoms with Gasteiger partial charge in [-0.05, 0) is 54.6 Å². The van der Waals surface area contributed by atoms with Crippen molar-refractivity contribution in [3.63, 3.8) is 0 Å². The zero-order valence-electron chi connectivity index (χ0n) is 15.3. The second-order valence-corrected chi connectivity index (χ2v) is 5.57. The summed E-state index contributed by atoms with van der Waals surface area (Å²) in [5.74, 6) is 3.63. The molecule has 0 saturated carbocycles. The molecule has 3 aromatic rings. The first-order chi connectivity index (χ1) is 13.3. The molecular weight excluding hydrogens is 344 g/mol. The summed E-state index contributed by atoms with van der Waals surface area (Å²) in [6, 6.07) is 16.9. The average molecular weight is 366 g/mol. The number of methoxy groups -OCH3 is 2. The van der Waals surface area contributed by atoms with Gasteiger partial charge in [0.15, 0.2) is 0 Å². The molecular formula is C20H22N4O3.